The summed E-state index contributed by atoms with van der Waals surface area (Å²) in [4.78, 5) is 0. The zero-order valence-electron chi connectivity index (χ0n) is 7.77. The van der Waals surface area contributed by atoms with Gasteiger partial charge in [0.2, 0.25) is 0 Å². The molecule has 0 atom stereocenters. The Balaban J connectivity index is 3.79. The molecular formula is C5H17ClN4Si. The van der Waals surface area contributed by atoms with Crippen LogP contribution in [0.3, 0.4) is 0 Å². The highest BCUT2D eigenvalue weighted by molar-refractivity contribution is 7.16. The van der Waals surface area contributed by atoms with E-state index in [1.54, 1.807) is 0 Å². The molecule has 4 nitrogen and oxygen atoms in total. The normalized spacial score (nSPS) is 13.1. The molecular weight excluding hydrogens is 180 g/mol. The molecule has 0 radical (unpaired) electrons. The average Bonchev–Trinajstić information content (AvgIpc) is 1.53. The SMILES string of the molecule is CN(C)N[Si](C)(Cl)NN(C)C. The van der Waals surface area contributed by atoms with Crippen LogP contribution >= 0.6 is 11.1 Å². The highest BCUT2D eigenvalue weighted by atomic mass is 35.6. The van der Waals surface area contributed by atoms with Gasteiger partial charge >= 0.3 is 7.71 Å². The van der Waals surface area contributed by atoms with Crippen LogP contribution in [-0.4, -0.2) is 45.9 Å². The van der Waals surface area contributed by atoms with Crippen LogP contribution < -0.4 is 10.2 Å². The van der Waals surface area contributed by atoms with Gasteiger partial charge in [0, 0.05) is 28.2 Å². The third-order valence-electron chi connectivity index (χ3n) is 0.867. The summed E-state index contributed by atoms with van der Waals surface area (Å²) >= 11 is 6.16. The van der Waals surface area contributed by atoms with Gasteiger partial charge in [0.15, 0.2) is 0 Å². The zero-order valence-corrected chi connectivity index (χ0v) is 9.53. The topological polar surface area (TPSA) is 30.5 Å². The van der Waals surface area contributed by atoms with Crippen molar-refractivity contribution in [2.75, 3.05) is 28.2 Å². The number of halogens is 1. The van der Waals surface area contributed by atoms with E-state index in [9.17, 15) is 0 Å². The summed E-state index contributed by atoms with van der Waals surface area (Å²) < 4.78 is 0. The van der Waals surface area contributed by atoms with Gasteiger partial charge in [-0.15, -0.1) is 11.1 Å². The van der Waals surface area contributed by atoms with Crippen molar-refractivity contribution in [3.8, 4) is 0 Å². The summed E-state index contributed by atoms with van der Waals surface area (Å²) in [5.74, 6) is 0. The molecule has 0 spiro atoms. The second kappa shape index (κ2) is 4.39. The molecule has 0 aromatic heterocycles. The molecule has 0 amide bonds. The van der Waals surface area contributed by atoms with E-state index in [0.29, 0.717) is 0 Å². The Bertz CT molecular complexity index is 105. The second-order valence-corrected chi connectivity index (χ2v) is 7.74. The molecule has 6 heteroatoms. The molecule has 0 aromatic rings. The van der Waals surface area contributed by atoms with E-state index in [1.807, 2.05) is 44.8 Å². The van der Waals surface area contributed by atoms with Crippen molar-refractivity contribution in [1.29, 1.82) is 0 Å². The van der Waals surface area contributed by atoms with Gasteiger partial charge in [-0.1, -0.05) is 0 Å². The molecule has 68 valence electrons. The first-order valence-corrected chi connectivity index (χ1v) is 6.94. The van der Waals surface area contributed by atoms with Gasteiger partial charge in [0.1, 0.15) is 0 Å². The van der Waals surface area contributed by atoms with E-state index in [2.05, 4.69) is 10.2 Å². The minimum atomic E-state index is -2.01. The van der Waals surface area contributed by atoms with Gasteiger partial charge in [-0.05, 0) is 6.55 Å². The first-order valence-electron chi connectivity index (χ1n) is 3.43. The average molecular weight is 197 g/mol. The smallest absolute Gasteiger partial charge is 0.255 e. The monoisotopic (exact) mass is 196 g/mol. The number of nitrogens with one attached hydrogen (secondary N) is 2. The quantitative estimate of drug-likeness (QED) is 0.375. The van der Waals surface area contributed by atoms with Crippen molar-refractivity contribution in [3.63, 3.8) is 0 Å². The first kappa shape index (κ1) is 11.3. The highest BCUT2D eigenvalue weighted by Crippen LogP contribution is 1.98. The summed E-state index contributed by atoms with van der Waals surface area (Å²) in [6, 6.07) is 0. The maximum atomic E-state index is 6.16. The Morgan fingerprint density at radius 1 is 1.00 bits per heavy atom. The van der Waals surface area contributed by atoms with E-state index >= 15 is 0 Å². The summed E-state index contributed by atoms with van der Waals surface area (Å²) in [7, 11) is 5.68. The predicted octanol–water partition coefficient (Wildman–Crippen LogP) is -0.0737. The van der Waals surface area contributed by atoms with Crippen molar-refractivity contribution in [2.24, 2.45) is 0 Å². The number of hydrazine groups is 2. The second-order valence-electron chi connectivity index (χ2n) is 3.02. The maximum Gasteiger partial charge on any atom is 0.326 e. The molecule has 11 heavy (non-hydrogen) atoms. The fourth-order valence-corrected chi connectivity index (χ4v) is 3.61. The molecule has 2 N–H and O–H groups in total. The summed E-state index contributed by atoms with van der Waals surface area (Å²) in [5, 5.41) is 9.98. The molecule has 0 heterocycles. The van der Waals surface area contributed by atoms with E-state index in [-0.39, 0.29) is 0 Å². The predicted molar refractivity (Wildman–Crippen MR) is 51.1 cm³/mol. The van der Waals surface area contributed by atoms with Gasteiger partial charge in [-0.25, -0.2) is 10.2 Å². The lowest BCUT2D eigenvalue weighted by Gasteiger charge is -2.28. The molecule has 0 aliphatic rings. The van der Waals surface area contributed by atoms with Crippen LogP contribution in [0, 0.1) is 0 Å². The van der Waals surface area contributed by atoms with Gasteiger partial charge in [0.25, 0.3) is 0 Å². The minimum Gasteiger partial charge on any atom is -0.255 e. The Labute approximate surface area is 74.3 Å². The van der Waals surface area contributed by atoms with E-state index in [0.717, 1.165) is 0 Å². The lowest BCUT2D eigenvalue weighted by molar-refractivity contribution is 0.322. The summed E-state index contributed by atoms with van der Waals surface area (Å²) in [6.07, 6.45) is 0. The van der Waals surface area contributed by atoms with Crippen molar-refractivity contribution in [3.05, 3.63) is 0 Å². The standard InChI is InChI=1S/C5H17ClN4Si/c1-9(2)7-11(5,6)8-10(3)4/h7-8H,1-5H3. The third-order valence-corrected chi connectivity index (χ3v) is 3.11. The van der Waals surface area contributed by atoms with Crippen LogP contribution in [0.5, 0.6) is 0 Å². The fourth-order valence-electron chi connectivity index (χ4n) is 0.865. The van der Waals surface area contributed by atoms with Crippen molar-refractivity contribution < 1.29 is 0 Å². The van der Waals surface area contributed by atoms with Crippen LogP contribution in [0.4, 0.5) is 0 Å². The fraction of sp³-hybridized carbons (Fsp3) is 1.00. The lowest BCUT2D eigenvalue weighted by atomic mass is 11.2. The Morgan fingerprint density at radius 2 is 1.27 bits per heavy atom. The Morgan fingerprint density at radius 3 is 1.45 bits per heavy atom. The first-order chi connectivity index (χ1) is 4.83. The summed E-state index contributed by atoms with van der Waals surface area (Å²) in [5.41, 5.74) is 0. The minimum absolute atomic E-state index is 1.86. The van der Waals surface area contributed by atoms with Crippen molar-refractivity contribution in [1.82, 2.24) is 20.2 Å². The number of hydrogen-bond donors (Lipinski definition) is 2. The van der Waals surface area contributed by atoms with Crippen molar-refractivity contribution in [2.45, 2.75) is 6.55 Å². The number of hydrogen-bond acceptors (Lipinski definition) is 4. The molecule has 0 fully saturated rings. The van der Waals surface area contributed by atoms with Gasteiger partial charge < -0.3 is 0 Å². The van der Waals surface area contributed by atoms with Gasteiger partial charge in [-0.2, -0.15) is 0 Å². The molecule has 0 saturated heterocycles. The molecule has 0 aliphatic heterocycles. The van der Waals surface area contributed by atoms with Crippen LogP contribution in [0.25, 0.3) is 0 Å². The van der Waals surface area contributed by atoms with Crippen LogP contribution in [0.15, 0.2) is 0 Å². The lowest BCUT2D eigenvalue weighted by Crippen LogP contribution is -2.63. The number of nitrogens with zero attached hydrogens (tertiary/aromatic N) is 2. The van der Waals surface area contributed by atoms with E-state index < -0.39 is 7.71 Å². The molecule has 0 unspecified atom stereocenters. The van der Waals surface area contributed by atoms with E-state index in [1.165, 1.54) is 0 Å². The highest BCUT2D eigenvalue weighted by Gasteiger charge is 2.25. The zero-order chi connectivity index (χ0) is 9.07. The van der Waals surface area contributed by atoms with Crippen molar-refractivity contribution >= 4 is 18.8 Å². The summed E-state index contributed by atoms with van der Waals surface area (Å²) in [6.45, 7) is 1.98. The van der Waals surface area contributed by atoms with Gasteiger partial charge in [-0.3, -0.25) is 10.0 Å². The Kier molecular flexibility index (Phi) is 4.53. The molecule has 0 rings (SSSR count). The molecule has 0 saturated carbocycles. The largest absolute Gasteiger partial charge is 0.326 e. The molecule has 0 aromatic carbocycles. The number of rotatable bonds is 4. The molecule has 0 aliphatic carbocycles. The van der Waals surface area contributed by atoms with Crippen LogP contribution in [0.2, 0.25) is 6.55 Å². The van der Waals surface area contributed by atoms with Crippen LogP contribution in [-0.2, 0) is 0 Å². The third kappa shape index (κ3) is 6.73. The Hall–Kier alpha value is 0.347. The molecule has 0 bridgehead atoms. The van der Waals surface area contributed by atoms with Crippen LogP contribution in [0.1, 0.15) is 0 Å². The van der Waals surface area contributed by atoms with E-state index in [4.69, 9.17) is 11.1 Å². The maximum absolute atomic E-state index is 6.16. The van der Waals surface area contributed by atoms with Gasteiger partial charge in [0.05, 0.1) is 0 Å².